The minimum Gasteiger partial charge on any atom is 0 e. The van der Waals surface area contributed by atoms with E-state index in [-0.39, 0.29) is 27.7 Å². The van der Waals surface area contributed by atoms with E-state index >= 15 is 0 Å². The van der Waals surface area contributed by atoms with Crippen molar-refractivity contribution in [2.75, 3.05) is 33.9 Å². The molecule has 0 fully saturated rings. The van der Waals surface area contributed by atoms with Gasteiger partial charge in [0, 0.05) is 21.1 Å². The third-order valence-corrected chi connectivity index (χ3v) is 1.89. The predicted molar refractivity (Wildman–Crippen MR) is 88.6 cm³/mol. The summed E-state index contributed by atoms with van der Waals surface area (Å²) in [6.07, 6.45) is 8.36. The third-order valence-electron chi connectivity index (χ3n) is 1.89. The quantitative estimate of drug-likeness (QED) is 0.113. The van der Waals surface area contributed by atoms with Crippen molar-refractivity contribution < 1.29 is 49.7 Å². The molecule has 25 heavy (non-hydrogen) atoms. The Labute approximate surface area is 166 Å². The number of hydrogen-bond acceptors (Lipinski definition) is 5. The second-order valence-corrected chi connectivity index (χ2v) is 4.02. The van der Waals surface area contributed by atoms with Gasteiger partial charge in [-0.15, -0.1) is 0 Å². The first kappa shape index (κ1) is 35.1. The molecule has 8 heteroatoms. The van der Waals surface area contributed by atoms with Crippen molar-refractivity contribution >= 4 is 5.97 Å². The Kier molecular flexibility index (Phi) is 48.2. The molecule has 7 nitrogen and oxygen atoms in total. The van der Waals surface area contributed by atoms with Crippen molar-refractivity contribution in [1.82, 2.24) is 4.90 Å². The molecule has 0 aliphatic heterocycles. The van der Waals surface area contributed by atoms with Crippen molar-refractivity contribution in [1.29, 1.82) is 0 Å². The number of aliphatic hydroxyl groups excluding tert-OH is 1. The molecule has 0 aliphatic carbocycles. The number of nitrogens with zero attached hydrogens (tertiary/aromatic N) is 1. The second-order valence-electron chi connectivity index (χ2n) is 4.02. The molecule has 0 unspecified atom stereocenters. The Hall–Kier alpha value is -1.06. The third kappa shape index (κ3) is 45.1. The fraction of sp³-hybridized carbons (Fsp3) is 0.529. The van der Waals surface area contributed by atoms with E-state index in [1.54, 1.807) is 13.8 Å². The average Bonchev–Trinajstić information content (AvgIpc) is 2.56. The fourth-order valence-electron chi connectivity index (χ4n) is 1.04. The Bertz CT molecular complexity index is 324. The van der Waals surface area contributed by atoms with Crippen molar-refractivity contribution in [2.45, 2.75) is 27.2 Å². The number of carbonyl (C=O) groups excluding carboxylic acids is 1. The van der Waals surface area contributed by atoms with Gasteiger partial charge < -0.3 is 19.5 Å². The number of hydrogen-bond donors (Lipinski definition) is 1. The standard InChI is InChI=1S/C8H16N.C7H12O4.2CO.Mo/c1-4-5-6-7-8-9(2)3;1-3-10-6(8)5-7(9)11-4-2;2*1-2;/h4-6H,7-8H2,1-3H3;5,8H,3-4H2,1-2H3;;;/b;6-5+;;;. The van der Waals surface area contributed by atoms with E-state index < -0.39 is 11.9 Å². The van der Waals surface area contributed by atoms with Gasteiger partial charge in [0.25, 0.3) is 5.95 Å². The van der Waals surface area contributed by atoms with Crippen LogP contribution in [-0.4, -0.2) is 49.8 Å². The number of unbranched alkanes of at least 4 members (excludes halogenated alkanes) is 3. The van der Waals surface area contributed by atoms with Crippen LogP contribution in [0.4, 0.5) is 0 Å². The largest absolute Gasteiger partial charge is 0 e. The Balaban J connectivity index is -0.0000000867. The minimum atomic E-state index is -0.599. The van der Waals surface area contributed by atoms with E-state index in [0.29, 0.717) is 6.61 Å². The van der Waals surface area contributed by atoms with Crippen molar-refractivity contribution in [2.24, 2.45) is 0 Å². The Morgan fingerprint density at radius 3 is 1.96 bits per heavy atom. The fourth-order valence-corrected chi connectivity index (χ4v) is 1.04. The van der Waals surface area contributed by atoms with Crippen LogP contribution in [0.25, 0.3) is 0 Å². The van der Waals surface area contributed by atoms with Crippen LogP contribution < -0.4 is 0 Å². The number of ether oxygens (including phenoxy) is 2. The van der Waals surface area contributed by atoms with Crippen LogP contribution in [0, 0.1) is 32.6 Å². The molecule has 3 radical (unpaired) electrons. The molecule has 143 valence electrons. The molecular weight excluding hydrogens is 410 g/mol. The maximum Gasteiger partial charge on any atom is 0 e. The topological polar surface area (TPSA) is 98.8 Å². The summed E-state index contributed by atoms with van der Waals surface area (Å²) in [5.74, 6) is -1.01. The molecule has 0 amide bonds. The molecule has 0 bridgehead atoms. The maximum atomic E-state index is 10.6. The van der Waals surface area contributed by atoms with E-state index in [1.807, 2.05) is 6.92 Å². The first-order valence-corrected chi connectivity index (χ1v) is 7.18. The summed E-state index contributed by atoms with van der Waals surface area (Å²) < 4.78 is 24.1. The van der Waals surface area contributed by atoms with Crippen LogP contribution >= 0.6 is 0 Å². The van der Waals surface area contributed by atoms with Crippen LogP contribution in [0.1, 0.15) is 27.2 Å². The second kappa shape index (κ2) is 34.3. The molecule has 0 aromatic heterocycles. The summed E-state index contributed by atoms with van der Waals surface area (Å²) in [5.41, 5.74) is 0. The summed E-state index contributed by atoms with van der Waals surface area (Å²) in [6.45, 7) is 16.2. The van der Waals surface area contributed by atoms with Crippen molar-refractivity contribution in [3.63, 3.8) is 0 Å². The number of carbonyl (C=O) groups is 1. The predicted octanol–water partition coefficient (Wildman–Crippen LogP) is 2.48. The first-order chi connectivity index (χ1) is 11.5. The normalized spacial score (nSPS) is 8.80. The minimum absolute atomic E-state index is 0. The van der Waals surface area contributed by atoms with Crippen LogP contribution in [0.15, 0.2) is 12.0 Å². The van der Waals surface area contributed by atoms with Crippen LogP contribution in [0.2, 0.25) is 0 Å². The monoisotopic (exact) mass is 440 g/mol. The van der Waals surface area contributed by atoms with Gasteiger partial charge in [-0.25, -0.2) is 4.79 Å². The number of rotatable bonds is 9. The van der Waals surface area contributed by atoms with Gasteiger partial charge in [0.1, 0.15) is 6.08 Å². The zero-order valence-corrected chi connectivity index (χ0v) is 17.5. The van der Waals surface area contributed by atoms with Crippen molar-refractivity contribution in [3.05, 3.63) is 44.6 Å². The van der Waals surface area contributed by atoms with Gasteiger partial charge in [0.2, 0.25) is 0 Å². The molecule has 0 saturated heterocycles. The van der Waals surface area contributed by atoms with Gasteiger partial charge >= 0.3 is 28.6 Å². The van der Waals surface area contributed by atoms with Gasteiger partial charge in [0.05, 0.1) is 13.2 Å². The van der Waals surface area contributed by atoms with E-state index in [9.17, 15) is 4.79 Å². The van der Waals surface area contributed by atoms with Gasteiger partial charge in [-0.2, -0.15) is 0 Å². The average molecular weight is 438 g/mol. The molecule has 0 rings (SSSR count). The van der Waals surface area contributed by atoms with Crippen molar-refractivity contribution in [3.8, 4) is 0 Å². The van der Waals surface area contributed by atoms with Gasteiger partial charge in [0.15, 0.2) is 0 Å². The smallest absolute Gasteiger partial charge is 0 e. The molecule has 0 saturated carbocycles. The first-order valence-electron chi connectivity index (χ1n) is 7.18. The van der Waals surface area contributed by atoms with Gasteiger partial charge in [-0.3, -0.25) is 0 Å². The Morgan fingerprint density at radius 1 is 1.12 bits per heavy atom. The van der Waals surface area contributed by atoms with E-state index in [2.05, 4.69) is 61.0 Å². The number of aliphatic hydroxyl groups is 1. The number of esters is 1. The molecule has 0 spiro atoms. The molecule has 0 aromatic carbocycles. The van der Waals surface area contributed by atoms with Gasteiger partial charge in [-0.05, 0) is 60.2 Å². The van der Waals surface area contributed by atoms with Crippen LogP contribution in [0.5, 0.6) is 0 Å². The summed E-state index contributed by atoms with van der Waals surface area (Å²) in [6, 6.07) is 0. The zero-order chi connectivity index (χ0) is 19.8. The van der Waals surface area contributed by atoms with E-state index in [0.717, 1.165) is 19.0 Å². The summed E-state index contributed by atoms with van der Waals surface area (Å²) in [5, 5.41) is 8.78. The molecule has 1 N–H and O–H groups in total. The molecule has 0 heterocycles. The summed E-state index contributed by atoms with van der Waals surface area (Å²) >= 11 is 0. The molecular formula is C17H28MoNO6. The summed E-state index contributed by atoms with van der Waals surface area (Å²) in [4.78, 5) is 12.8. The molecule has 0 aromatic rings. The molecule has 0 atom stereocenters. The maximum absolute atomic E-state index is 10.6. The van der Waals surface area contributed by atoms with Crippen LogP contribution in [-0.2, 0) is 44.6 Å². The van der Waals surface area contributed by atoms with Crippen LogP contribution in [0.3, 0.4) is 0 Å². The van der Waals surface area contributed by atoms with Gasteiger partial charge in [-0.1, -0.05) is 6.92 Å². The Morgan fingerprint density at radius 2 is 1.60 bits per heavy atom. The summed E-state index contributed by atoms with van der Waals surface area (Å²) in [7, 11) is 4.17. The molecule has 0 aliphatic rings. The SMILES string of the molecule is CCOC(=O)/C=C(\O)OCC.C[CH][CH][CH]CCN(C)C.[C-]#[O+].[C-]#[O+].[Mo]. The van der Waals surface area contributed by atoms with E-state index in [1.165, 1.54) is 0 Å². The zero-order valence-electron chi connectivity index (χ0n) is 15.5. The van der Waals surface area contributed by atoms with E-state index in [4.69, 9.17) is 14.4 Å².